The van der Waals surface area contributed by atoms with Crippen molar-refractivity contribution in [1.29, 1.82) is 0 Å². The zero-order valence-corrected chi connectivity index (χ0v) is 12.9. The van der Waals surface area contributed by atoms with E-state index in [1.807, 2.05) is 42.2 Å². The van der Waals surface area contributed by atoms with Gasteiger partial charge in [0.2, 0.25) is 0 Å². The van der Waals surface area contributed by atoms with Crippen LogP contribution in [0.4, 0.5) is 0 Å². The van der Waals surface area contributed by atoms with Crippen molar-refractivity contribution in [2.45, 2.75) is 38.0 Å². The van der Waals surface area contributed by atoms with Gasteiger partial charge in [0.05, 0.1) is 18.8 Å². The highest BCUT2D eigenvalue weighted by Gasteiger charge is 2.44. The van der Waals surface area contributed by atoms with Crippen LogP contribution in [0.25, 0.3) is 0 Å². The summed E-state index contributed by atoms with van der Waals surface area (Å²) in [6, 6.07) is 9.53. The molecular formula is C17H23NO4. The van der Waals surface area contributed by atoms with Crippen molar-refractivity contribution in [3.8, 4) is 5.75 Å². The quantitative estimate of drug-likeness (QED) is 0.833. The SMILES string of the molecule is CCOC1C2CCC1N(C(=O)COc1ccccc1)CCO2. The van der Waals surface area contributed by atoms with Crippen LogP contribution in [-0.4, -0.2) is 55.4 Å². The van der Waals surface area contributed by atoms with Crippen molar-refractivity contribution in [3.63, 3.8) is 0 Å². The molecule has 1 heterocycles. The number of amides is 1. The van der Waals surface area contributed by atoms with Crippen LogP contribution in [-0.2, 0) is 14.3 Å². The Balaban J connectivity index is 1.63. The van der Waals surface area contributed by atoms with Crippen LogP contribution in [0, 0.1) is 0 Å². The molecular weight excluding hydrogens is 282 g/mol. The van der Waals surface area contributed by atoms with Crippen LogP contribution in [0.2, 0.25) is 0 Å². The van der Waals surface area contributed by atoms with Crippen LogP contribution in [0.3, 0.4) is 0 Å². The molecule has 5 heteroatoms. The number of benzene rings is 1. The fourth-order valence-corrected chi connectivity index (χ4v) is 3.36. The Morgan fingerprint density at radius 2 is 2.14 bits per heavy atom. The summed E-state index contributed by atoms with van der Waals surface area (Å²) in [7, 11) is 0. The van der Waals surface area contributed by atoms with Crippen LogP contribution in [0.5, 0.6) is 5.75 Å². The van der Waals surface area contributed by atoms with Gasteiger partial charge >= 0.3 is 0 Å². The van der Waals surface area contributed by atoms with E-state index in [1.165, 1.54) is 0 Å². The number of nitrogens with zero attached hydrogens (tertiary/aromatic N) is 1. The maximum Gasteiger partial charge on any atom is 0.260 e. The van der Waals surface area contributed by atoms with Gasteiger partial charge in [-0.05, 0) is 31.9 Å². The van der Waals surface area contributed by atoms with Gasteiger partial charge in [-0.25, -0.2) is 0 Å². The third-order valence-electron chi connectivity index (χ3n) is 4.34. The second-order valence-corrected chi connectivity index (χ2v) is 5.66. The first-order valence-electron chi connectivity index (χ1n) is 8.00. The number of fused-ring (bicyclic) bond motifs is 2. The molecule has 0 aromatic heterocycles. The summed E-state index contributed by atoms with van der Waals surface area (Å²) in [4.78, 5) is 14.4. The molecule has 1 aromatic carbocycles. The molecule has 2 aliphatic rings. The molecule has 3 atom stereocenters. The molecule has 5 nitrogen and oxygen atoms in total. The largest absolute Gasteiger partial charge is 0.484 e. The van der Waals surface area contributed by atoms with E-state index in [-0.39, 0.29) is 30.8 Å². The zero-order valence-electron chi connectivity index (χ0n) is 12.9. The second-order valence-electron chi connectivity index (χ2n) is 5.66. The highest BCUT2D eigenvalue weighted by atomic mass is 16.5. The minimum Gasteiger partial charge on any atom is -0.484 e. The summed E-state index contributed by atoms with van der Waals surface area (Å²) in [6.07, 6.45) is 2.01. The molecule has 3 rings (SSSR count). The van der Waals surface area contributed by atoms with Gasteiger partial charge in [-0.15, -0.1) is 0 Å². The highest BCUT2D eigenvalue weighted by Crippen LogP contribution is 2.32. The smallest absolute Gasteiger partial charge is 0.260 e. The van der Waals surface area contributed by atoms with E-state index in [1.54, 1.807) is 0 Å². The molecule has 1 aliphatic carbocycles. The molecule has 0 radical (unpaired) electrons. The lowest BCUT2D eigenvalue weighted by Crippen LogP contribution is -2.48. The van der Waals surface area contributed by atoms with Gasteiger partial charge in [-0.2, -0.15) is 0 Å². The lowest BCUT2D eigenvalue weighted by Gasteiger charge is -2.31. The van der Waals surface area contributed by atoms with Gasteiger partial charge in [0.15, 0.2) is 6.61 Å². The van der Waals surface area contributed by atoms with Gasteiger partial charge in [-0.1, -0.05) is 18.2 Å². The molecule has 1 aliphatic heterocycles. The van der Waals surface area contributed by atoms with Gasteiger partial charge in [-0.3, -0.25) is 4.79 Å². The summed E-state index contributed by atoms with van der Waals surface area (Å²) in [5, 5.41) is 0. The molecule has 0 N–H and O–H groups in total. The highest BCUT2D eigenvalue weighted by molar-refractivity contribution is 5.78. The van der Waals surface area contributed by atoms with E-state index < -0.39 is 0 Å². The summed E-state index contributed by atoms with van der Waals surface area (Å²) in [6.45, 7) is 3.87. The fraction of sp³-hybridized carbons (Fsp3) is 0.588. The molecule has 22 heavy (non-hydrogen) atoms. The molecule has 2 fully saturated rings. The average Bonchev–Trinajstić information content (AvgIpc) is 2.82. The van der Waals surface area contributed by atoms with Crippen molar-refractivity contribution in [2.24, 2.45) is 0 Å². The van der Waals surface area contributed by atoms with Crippen molar-refractivity contribution in [2.75, 3.05) is 26.4 Å². The standard InChI is InChI=1S/C17H23NO4/c1-2-20-17-14-8-9-15(17)21-11-10-18(14)16(19)12-22-13-6-4-3-5-7-13/h3-7,14-15,17H,2,8-12H2,1H3. The maximum atomic E-state index is 12.6. The fourth-order valence-electron chi connectivity index (χ4n) is 3.36. The van der Waals surface area contributed by atoms with Crippen LogP contribution < -0.4 is 4.74 Å². The molecule has 2 bridgehead atoms. The third-order valence-corrected chi connectivity index (χ3v) is 4.34. The lowest BCUT2D eigenvalue weighted by molar-refractivity contribution is -0.138. The Labute approximate surface area is 131 Å². The van der Waals surface area contributed by atoms with Crippen LogP contribution in [0.15, 0.2) is 30.3 Å². The predicted octanol–water partition coefficient (Wildman–Crippen LogP) is 1.86. The van der Waals surface area contributed by atoms with E-state index in [0.717, 1.165) is 12.8 Å². The molecule has 1 amide bonds. The first-order valence-corrected chi connectivity index (χ1v) is 8.00. The van der Waals surface area contributed by atoms with Gasteiger partial charge in [0.1, 0.15) is 11.9 Å². The summed E-state index contributed by atoms with van der Waals surface area (Å²) >= 11 is 0. The Morgan fingerprint density at radius 1 is 1.32 bits per heavy atom. The Hall–Kier alpha value is -1.59. The number of hydrogen-bond acceptors (Lipinski definition) is 4. The van der Waals surface area contributed by atoms with Crippen molar-refractivity contribution in [3.05, 3.63) is 30.3 Å². The van der Waals surface area contributed by atoms with E-state index in [9.17, 15) is 4.79 Å². The van der Waals surface area contributed by atoms with Crippen molar-refractivity contribution in [1.82, 2.24) is 4.90 Å². The number of ether oxygens (including phenoxy) is 3. The van der Waals surface area contributed by atoms with E-state index >= 15 is 0 Å². The normalized spacial score (nSPS) is 27.5. The molecule has 0 spiro atoms. The summed E-state index contributed by atoms with van der Waals surface area (Å²) in [5.41, 5.74) is 0. The minimum absolute atomic E-state index is 0.00436. The molecule has 3 unspecified atom stereocenters. The minimum atomic E-state index is -0.00632. The molecule has 1 saturated carbocycles. The van der Waals surface area contributed by atoms with Crippen molar-refractivity contribution < 1.29 is 19.0 Å². The summed E-state index contributed by atoms with van der Waals surface area (Å²) in [5.74, 6) is 0.720. The first kappa shape index (κ1) is 15.3. The van der Waals surface area contributed by atoms with Crippen molar-refractivity contribution >= 4 is 5.91 Å². The molecule has 1 aromatic rings. The predicted molar refractivity (Wildman–Crippen MR) is 81.8 cm³/mol. The number of carbonyl (C=O) groups is 1. The van der Waals surface area contributed by atoms with Gasteiger partial charge < -0.3 is 19.1 Å². The molecule has 120 valence electrons. The Kier molecular flexibility index (Phi) is 4.95. The Bertz CT molecular complexity index is 493. The number of carbonyl (C=O) groups excluding carboxylic acids is 1. The summed E-state index contributed by atoms with van der Waals surface area (Å²) < 4.78 is 17.3. The first-order chi connectivity index (χ1) is 10.8. The van der Waals surface area contributed by atoms with Gasteiger partial charge in [0, 0.05) is 13.2 Å². The van der Waals surface area contributed by atoms with E-state index in [0.29, 0.717) is 25.5 Å². The zero-order chi connectivity index (χ0) is 15.4. The monoisotopic (exact) mass is 305 g/mol. The number of hydrogen-bond donors (Lipinski definition) is 0. The van der Waals surface area contributed by atoms with Crippen LogP contribution in [0.1, 0.15) is 19.8 Å². The molecule has 1 saturated heterocycles. The average molecular weight is 305 g/mol. The van der Waals surface area contributed by atoms with Gasteiger partial charge in [0.25, 0.3) is 5.91 Å². The Morgan fingerprint density at radius 3 is 2.91 bits per heavy atom. The lowest BCUT2D eigenvalue weighted by atomic mass is 10.1. The maximum absolute atomic E-state index is 12.6. The number of para-hydroxylation sites is 1. The third kappa shape index (κ3) is 3.25. The topological polar surface area (TPSA) is 48.0 Å². The number of rotatable bonds is 5. The van der Waals surface area contributed by atoms with E-state index in [4.69, 9.17) is 14.2 Å². The van der Waals surface area contributed by atoms with Crippen LogP contribution >= 0.6 is 0 Å². The second kappa shape index (κ2) is 7.11. The van der Waals surface area contributed by atoms with E-state index in [2.05, 4.69) is 0 Å².